The SMILES string of the molecule is CN1CCN(c2ccc(C(=O)Nc3ccc(N4CCN(c5nccs5)CC4)cc3)cc2)CC1. The molecular formula is C25H30N6OS. The Morgan fingerprint density at radius 2 is 1.33 bits per heavy atom. The third kappa shape index (κ3) is 5.12. The van der Waals surface area contributed by atoms with Crippen LogP contribution in [0.1, 0.15) is 10.4 Å². The minimum absolute atomic E-state index is 0.0789. The average Bonchev–Trinajstić information content (AvgIpc) is 3.40. The second-order valence-electron chi connectivity index (χ2n) is 8.63. The molecule has 0 spiro atoms. The highest BCUT2D eigenvalue weighted by molar-refractivity contribution is 7.13. The number of hydrogen-bond acceptors (Lipinski definition) is 7. The normalized spacial score (nSPS) is 17.3. The molecule has 0 unspecified atom stereocenters. The average molecular weight is 463 g/mol. The zero-order valence-electron chi connectivity index (χ0n) is 19.0. The Labute approximate surface area is 199 Å². The molecule has 0 aliphatic carbocycles. The van der Waals surface area contributed by atoms with E-state index in [0.717, 1.165) is 63.2 Å². The largest absolute Gasteiger partial charge is 0.369 e. The van der Waals surface area contributed by atoms with Crippen molar-refractivity contribution in [2.45, 2.75) is 0 Å². The maximum Gasteiger partial charge on any atom is 0.255 e. The monoisotopic (exact) mass is 462 g/mol. The third-order valence-electron chi connectivity index (χ3n) is 6.46. The first-order valence-corrected chi connectivity index (χ1v) is 12.4. The number of anilines is 4. The van der Waals surface area contributed by atoms with Crippen LogP contribution in [0.4, 0.5) is 22.2 Å². The number of thiazole rings is 1. The molecule has 1 N–H and O–H groups in total. The standard InChI is InChI=1S/C25H30N6OS/c1-28-11-13-29(14-12-28)22-6-2-20(3-7-22)24(32)27-21-4-8-23(9-5-21)30-15-17-31(18-16-30)25-26-10-19-33-25/h2-10,19H,11-18H2,1H3,(H,27,32). The van der Waals surface area contributed by atoms with Gasteiger partial charge in [-0.05, 0) is 55.6 Å². The van der Waals surface area contributed by atoms with Gasteiger partial charge in [-0.3, -0.25) is 4.79 Å². The molecule has 0 bridgehead atoms. The lowest BCUT2D eigenvalue weighted by atomic mass is 10.1. The van der Waals surface area contributed by atoms with Crippen LogP contribution in [0.3, 0.4) is 0 Å². The predicted molar refractivity (Wildman–Crippen MR) is 137 cm³/mol. The molecule has 7 nitrogen and oxygen atoms in total. The van der Waals surface area contributed by atoms with Crippen molar-refractivity contribution in [2.24, 2.45) is 0 Å². The zero-order chi connectivity index (χ0) is 22.6. The maximum atomic E-state index is 12.7. The van der Waals surface area contributed by atoms with E-state index in [4.69, 9.17) is 0 Å². The molecule has 2 fully saturated rings. The molecule has 8 heteroatoms. The Hall–Kier alpha value is -3.10. The smallest absolute Gasteiger partial charge is 0.255 e. The summed E-state index contributed by atoms with van der Waals surface area (Å²) in [5.41, 5.74) is 3.85. The van der Waals surface area contributed by atoms with Gasteiger partial charge >= 0.3 is 0 Å². The van der Waals surface area contributed by atoms with E-state index in [0.29, 0.717) is 5.56 Å². The van der Waals surface area contributed by atoms with Gasteiger partial charge in [-0.1, -0.05) is 0 Å². The zero-order valence-corrected chi connectivity index (χ0v) is 19.8. The number of hydrogen-bond donors (Lipinski definition) is 1. The van der Waals surface area contributed by atoms with Gasteiger partial charge in [0.25, 0.3) is 5.91 Å². The lowest BCUT2D eigenvalue weighted by Crippen LogP contribution is -2.46. The van der Waals surface area contributed by atoms with Crippen LogP contribution in [0, 0.1) is 0 Å². The van der Waals surface area contributed by atoms with Crippen molar-refractivity contribution in [3.8, 4) is 0 Å². The molecule has 0 radical (unpaired) electrons. The Balaban J connectivity index is 1.14. The summed E-state index contributed by atoms with van der Waals surface area (Å²) in [6, 6.07) is 16.1. The van der Waals surface area contributed by atoms with Gasteiger partial charge < -0.3 is 24.9 Å². The molecule has 3 heterocycles. The summed E-state index contributed by atoms with van der Waals surface area (Å²) in [7, 11) is 2.15. The molecule has 2 aliphatic rings. The van der Waals surface area contributed by atoms with Gasteiger partial charge in [0.15, 0.2) is 5.13 Å². The highest BCUT2D eigenvalue weighted by atomic mass is 32.1. The Bertz CT molecular complexity index is 1040. The molecule has 2 aromatic carbocycles. The fraction of sp³-hybridized carbons (Fsp3) is 0.360. The van der Waals surface area contributed by atoms with Crippen molar-refractivity contribution in [1.29, 1.82) is 0 Å². The first-order valence-electron chi connectivity index (χ1n) is 11.5. The molecular weight excluding hydrogens is 432 g/mol. The summed E-state index contributed by atoms with van der Waals surface area (Å²) in [5.74, 6) is -0.0789. The molecule has 2 aliphatic heterocycles. The second-order valence-corrected chi connectivity index (χ2v) is 9.50. The summed E-state index contributed by atoms with van der Waals surface area (Å²) in [4.78, 5) is 26.6. The fourth-order valence-corrected chi connectivity index (χ4v) is 5.07. The Morgan fingerprint density at radius 1 is 0.788 bits per heavy atom. The second kappa shape index (κ2) is 9.80. The first-order chi connectivity index (χ1) is 16.2. The third-order valence-corrected chi connectivity index (χ3v) is 7.29. The van der Waals surface area contributed by atoms with E-state index in [9.17, 15) is 4.79 Å². The summed E-state index contributed by atoms with van der Waals surface area (Å²) >= 11 is 1.69. The number of rotatable bonds is 5. The minimum Gasteiger partial charge on any atom is -0.369 e. The molecule has 2 saturated heterocycles. The number of carbonyl (C=O) groups is 1. The van der Waals surface area contributed by atoms with E-state index in [1.54, 1.807) is 11.3 Å². The lowest BCUT2D eigenvalue weighted by Gasteiger charge is -2.36. The quantitative estimate of drug-likeness (QED) is 0.627. The maximum absolute atomic E-state index is 12.7. The number of nitrogens with zero attached hydrogens (tertiary/aromatic N) is 5. The van der Waals surface area contributed by atoms with Crippen LogP contribution in [-0.2, 0) is 0 Å². The van der Waals surface area contributed by atoms with Crippen molar-refractivity contribution in [1.82, 2.24) is 9.88 Å². The van der Waals surface area contributed by atoms with E-state index < -0.39 is 0 Å². The fourth-order valence-electron chi connectivity index (χ4n) is 4.38. The highest BCUT2D eigenvalue weighted by Crippen LogP contribution is 2.24. The molecule has 1 aromatic heterocycles. The van der Waals surface area contributed by atoms with Crippen molar-refractivity contribution < 1.29 is 4.79 Å². The van der Waals surface area contributed by atoms with E-state index in [2.05, 4.69) is 61.2 Å². The number of nitrogens with one attached hydrogen (secondary N) is 1. The van der Waals surface area contributed by atoms with Crippen molar-refractivity contribution >= 4 is 39.4 Å². The molecule has 33 heavy (non-hydrogen) atoms. The lowest BCUT2D eigenvalue weighted by molar-refractivity contribution is 0.102. The van der Waals surface area contributed by atoms with Crippen molar-refractivity contribution in [2.75, 3.05) is 79.4 Å². The Kier molecular flexibility index (Phi) is 6.46. The summed E-state index contributed by atoms with van der Waals surface area (Å²) < 4.78 is 0. The number of piperazine rings is 2. The van der Waals surface area contributed by atoms with Crippen molar-refractivity contribution in [3.63, 3.8) is 0 Å². The van der Waals surface area contributed by atoms with Gasteiger partial charge in [-0.2, -0.15) is 0 Å². The van der Waals surface area contributed by atoms with Crippen LogP contribution < -0.4 is 20.0 Å². The predicted octanol–water partition coefficient (Wildman–Crippen LogP) is 3.47. The highest BCUT2D eigenvalue weighted by Gasteiger charge is 2.19. The van der Waals surface area contributed by atoms with Gasteiger partial charge in [0, 0.05) is 86.6 Å². The number of carbonyl (C=O) groups excluding carboxylic acids is 1. The van der Waals surface area contributed by atoms with Crippen LogP contribution in [0.2, 0.25) is 0 Å². The number of aromatic nitrogens is 1. The molecule has 0 atom stereocenters. The van der Waals surface area contributed by atoms with Gasteiger partial charge in [-0.15, -0.1) is 11.3 Å². The number of likely N-dealkylation sites (N-methyl/N-ethyl adjacent to an activating group) is 1. The molecule has 5 rings (SSSR count). The van der Waals surface area contributed by atoms with Crippen LogP contribution in [-0.4, -0.2) is 75.2 Å². The number of benzene rings is 2. The van der Waals surface area contributed by atoms with E-state index >= 15 is 0 Å². The summed E-state index contributed by atoms with van der Waals surface area (Å²) in [6.45, 7) is 8.05. The van der Waals surface area contributed by atoms with Crippen LogP contribution in [0.25, 0.3) is 0 Å². The van der Waals surface area contributed by atoms with Gasteiger partial charge in [0.2, 0.25) is 0 Å². The number of amides is 1. The van der Waals surface area contributed by atoms with Gasteiger partial charge in [-0.25, -0.2) is 4.98 Å². The van der Waals surface area contributed by atoms with Crippen molar-refractivity contribution in [3.05, 3.63) is 65.7 Å². The van der Waals surface area contributed by atoms with Crippen LogP contribution in [0.5, 0.6) is 0 Å². The molecule has 1 amide bonds. The van der Waals surface area contributed by atoms with Crippen LogP contribution >= 0.6 is 11.3 Å². The molecule has 172 valence electrons. The van der Waals surface area contributed by atoms with Crippen LogP contribution in [0.15, 0.2) is 60.1 Å². The van der Waals surface area contributed by atoms with E-state index in [1.165, 1.54) is 11.4 Å². The minimum atomic E-state index is -0.0789. The summed E-state index contributed by atoms with van der Waals surface area (Å²) in [6.07, 6.45) is 1.86. The Morgan fingerprint density at radius 3 is 1.91 bits per heavy atom. The van der Waals surface area contributed by atoms with E-state index in [1.807, 2.05) is 35.8 Å². The molecule has 0 saturated carbocycles. The van der Waals surface area contributed by atoms with E-state index in [-0.39, 0.29) is 5.91 Å². The molecule has 3 aromatic rings. The summed E-state index contributed by atoms with van der Waals surface area (Å²) in [5, 5.41) is 6.15. The first kappa shape index (κ1) is 21.7. The van der Waals surface area contributed by atoms with Gasteiger partial charge in [0.1, 0.15) is 0 Å². The van der Waals surface area contributed by atoms with Gasteiger partial charge in [0.05, 0.1) is 0 Å². The topological polar surface area (TPSA) is 55.0 Å².